The van der Waals surface area contributed by atoms with Crippen molar-refractivity contribution in [1.82, 2.24) is 10.2 Å². The summed E-state index contributed by atoms with van der Waals surface area (Å²) >= 11 is 0. The molecule has 3 rings (SSSR count). The van der Waals surface area contributed by atoms with Crippen LogP contribution in [-0.4, -0.2) is 34.4 Å². The number of hydrogen-bond acceptors (Lipinski definition) is 4. The van der Waals surface area contributed by atoms with Crippen LogP contribution in [0.15, 0.2) is 24.3 Å². The maximum absolute atomic E-state index is 11.5. The Kier molecular flexibility index (Phi) is 3.73. The van der Waals surface area contributed by atoms with E-state index in [4.69, 9.17) is 0 Å². The van der Waals surface area contributed by atoms with Crippen molar-refractivity contribution in [3.63, 3.8) is 0 Å². The van der Waals surface area contributed by atoms with E-state index in [0.29, 0.717) is 5.92 Å². The standard InChI is InChI=1S/C16H19N3O2/c1-2-9-19(10-11-7-8-11)15-12-5-3-4-6-13(12)17-18-14(15)16(20)21/h3-6,11H,2,7-10H2,1H3,(H,20,21). The number of fused-ring (bicyclic) bond motifs is 1. The number of rotatable bonds is 6. The van der Waals surface area contributed by atoms with Gasteiger partial charge in [-0.15, -0.1) is 10.2 Å². The van der Waals surface area contributed by atoms with Crippen molar-refractivity contribution in [2.75, 3.05) is 18.0 Å². The summed E-state index contributed by atoms with van der Waals surface area (Å²) in [6.07, 6.45) is 3.44. The van der Waals surface area contributed by atoms with Crippen LogP contribution in [-0.2, 0) is 0 Å². The van der Waals surface area contributed by atoms with E-state index < -0.39 is 5.97 Å². The smallest absolute Gasteiger partial charge is 0.358 e. The first-order valence-corrected chi connectivity index (χ1v) is 7.44. The summed E-state index contributed by atoms with van der Waals surface area (Å²) in [6, 6.07) is 7.62. The molecular weight excluding hydrogens is 266 g/mol. The second-order valence-corrected chi connectivity index (χ2v) is 5.61. The molecule has 0 bridgehead atoms. The van der Waals surface area contributed by atoms with Crippen LogP contribution in [0.25, 0.3) is 10.9 Å². The fourth-order valence-corrected chi connectivity index (χ4v) is 2.68. The topological polar surface area (TPSA) is 66.3 Å². The molecule has 5 nitrogen and oxygen atoms in total. The van der Waals surface area contributed by atoms with Crippen LogP contribution in [0.3, 0.4) is 0 Å². The zero-order valence-corrected chi connectivity index (χ0v) is 12.1. The number of carboxylic acids is 1. The number of anilines is 1. The Morgan fingerprint density at radius 1 is 1.33 bits per heavy atom. The summed E-state index contributed by atoms with van der Waals surface area (Å²) < 4.78 is 0. The van der Waals surface area contributed by atoms with Crippen molar-refractivity contribution in [2.24, 2.45) is 5.92 Å². The van der Waals surface area contributed by atoms with E-state index in [1.165, 1.54) is 12.8 Å². The molecule has 1 aromatic carbocycles. The Balaban J connectivity index is 2.14. The Labute approximate surface area is 123 Å². The fraction of sp³-hybridized carbons (Fsp3) is 0.438. The van der Waals surface area contributed by atoms with Gasteiger partial charge in [-0.1, -0.05) is 25.1 Å². The summed E-state index contributed by atoms with van der Waals surface area (Å²) in [5.74, 6) is -0.328. The van der Waals surface area contributed by atoms with Crippen LogP contribution in [0.4, 0.5) is 5.69 Å². The van der Waals surface area contributed by atoms with Gasteiger partial charge in [0.2, 0.25) is 0 Å². The number of carbonyl (C=O) groups is 1. The second kappa shape index (κ2) is 5.68. The Morgan fingerprint density at radius 2 is 2.10 bits per heavy atom. The SMILES string of the molecule is CCCN(CC1CC1)c1c(C(=O)O)nnc2ccccc12. The van der Waals surface area contributed by atoms with E-state index in [1.807, 2.05) is 24.3 Å². The highest BCUT2D eigenvalue weighted by Gasteiger charge is 2.28. The van der Waals surface area contributed by atoms with Gasteiger partial charge in [0.1, 0.15) is 0 Å². The second-order valence-electron chi connectivity index (χ2n) is 5.61. The minimum Gasteiger partial charge on any atom is -0.476 e. The average Bonchev–Trinajstić information content (AvgIpc) is 3.29. The van der Waals surface area contributed by atoms with Crippen LogP contribution in [0, 0.1) is 5.92 Å². The van der Waals surface area contributed by atoms with Crippen molar-refractivity contribution in [2.45, 2.75) is 26.2 Å². The maximum atomic E-state index is 11.5. The lowest BCUT2D eigenvalue weighted by molar-refractivity contribution is 0.0690. The molecule has 0 spiro atoms. The average molecular weight is 285 g/mol. The lowest BCUT2D eigenvalue weighted by Gasteiger charge is -2.26. The van der Waals surface area contributed by atoms with Crippen molar-refractivity contribution in [1.29, 1.82) is 0 Å². The van der Waals surface area contributed by atoms with Crippen molar-refractivity contribution < 1.29 is 9.90 Å². The van der Waals surface area contributed by atoms with Gasteiger partial charge < -0.3 is 10.0 Å². The summed E-state index contributed by atoms with van der Waals surface area (Å²) in [7, 11) is 0. The quantitative estimate of drug-likeness (QED) is 0.884. The molecule has 5 heteroatoms. The van der Waals surface area contributed by atoms with E-state index >= 15 is 0 Å². The summed E-state index contributed by atoms with van der Waals surface area (Å²) in [6.45, 7) is 3.85. The van der Waals surface area contributed by atoms with Crippen molar-refractivity contribution in [3.8, 4) is 0 Å². The molecule has 1 fully saturated rings. The van der Waals surface area contributed by atoms with E-state index in [0.717, 1.165) is 36.1 Å². The molecule has 2 aromatic rings. The lowest BCUT2D eigenvalue weighted by Crippen LogP contribution is -2.29. The largest absolute Gasteiger partial charge is 0.476 e. The molecule has 1 aliphatic rings. The molecule has 21 heavy (non-hydrogen) atoms. The number of aromatic nitrogens is 2. The molecule has 0 radical (unpaired) electrons. The maximum Gasteiger partial charge on any atom is 0.358 e. The molecule has 0 aliphatic heterocycles. The molecule has 110 valence electrons. The van der Waals surface area contributed by atoms with Crippen molar-refractivity contribution >= 4 is 22.6 Å². The third-order valence-corrected chi connectivity index (χ3v) is 3.83. The number of carboxylic acid groups (broad SMARTS) is 1. The van der Waals surface area contributed by atoms with Gasteiger partial charge in [-0.25, -0.2) is 4.79 Å². The van der Waals surface area contributed by atoms with E-state index in [9.17, 15) is 9.90 Å². The van der Waals surface area contributed by atoms with Crippen LogP contribution in [0.5, 0.6) is 0 Å². The summed E-state index contributed by atoms with van der Waals surface area (Å²) in [5, 5.41) is 18.3. The molecule has 1 heterocycles. The van der Waals surface area contributed by atoms with Crippen LogP contribution < -0.4 is 4.90 Å². The number of hydrogen-bond donors (Lipinski definition) is 1. The molecule has 0 unspecified atom stereocenters. The minimum absolute atomic E-state index is 0.0581. The van der Waals surface area contributed by atoms with E-state index in [1.54, 1.807) is 0 Å². The van der Waals surface area contributed by atoms with Gasteiger partial charge in [0.25, 0.3) is 0 Å². The number of benzene rings is 1. The minimum atomic E-state index is -1.01. The zero-order valence-electron chi connectivity index (χ0n) is 12.1. The first-order chi connectivity index (χ1) is 10.2. The summed E-state index contributed by atoms with van der Waals surface area (Å²) in [5.41, 5.74) is 1.53. The molecule has 1 aromatic heterocycles. The Bertz CT molecular complexity index is 668. The van der Waals surface area contributed by atoms with Crippen LogP contribution in [0.1, 0.15) is 36.7 Å². The Morgan fingerprint density at radius 3 is 2.76 bits per heavy atom. The number of aromatic carboxylic acids is 1. The van der Waals surface area contributed by atoms with Gasteiger partial charge in [-0.05, 0) is 31.2 Å². The molecular formula is C16H19N3O2. The van der Waals surface area contributed by atoms with Gasteiger partial charge in [0.05, 0.1) is 11.2 Å². The third kappa shape index (κ3) is 2.82. The molecule has 1 N–H and O–H groups in total. The molecule has 0 saturated heterocycles. The molecule has 0 atom stereocenters. The number of nitrogens with zero attached hydrogens (tertiary/aromatic N) is 3. The van der Waals surface area contributed by atoms with E-state index in [2.05, 4.69) is 22.0 Å². The predicted molar refractivity (Wildman–Crippen MR) is 81.7 cm³/mol. The third-order valence-electron chi connectivity index (χ3n) is 3.83. The monoisotopic (exact) mass is 285 g/mol. The first kappa shape index (κ1) is 13.8. The first-order valence-electron chi connectivity index (χ1n) is 7.44. The van der Waals surface area contributed by atoms with Crippen LogP contribution >= 0.6 is 0 Å². The zero-order chi connectivity index (χ0) is 14.8. The molecule has 0 amide bonds. The predicted octanol–water partition coefficient (Wildman–Crippen LogP) is 2.95. The summed E-state index contributed by atoms with van der Waals surface area (Å²) in [4.78, 5) is 13.7. The highest BCUT2D eigenvalue weighted by atomic mass is 16.4. The van der Waals surface area contributed by atoms with Gasteiger partial charge in [0.15, 0.2) is 5.69 Å². The lowest BCUT2D eigenvalue weighted by atomic mass is 10.1. The van der Waals surface area contributed by atoms with Gasteiger partial charge in [0, 0.05) is 18.5 Å². The Hall–Kier alpha value is -2.17. The highest BCUT2D eigenvalue weighted by Crippen LogP contribution is 2.34. The molecule has 1 aliphatic carbocycles. The van der Waals surface area contributed by atoms with Crippen molar-refractivity contribution in [3.05, 3.63) is 30.0 Å². The van der Waals surface area contributed by atoms with Gasteiger partial charge in [-0.3, -0.25) is 0 Å². The fourth-order valence-electron chi connectivity index (χ4n) is 2.68. The van der Waals surface area contributed by atoms with Crippen LogP contribution in [0.2, 0.25) is 0 Å². The van der Waals surface area contributed by atoms with Gasteiger partial charge in [-0.2, -0.15) is 0 Å². The highest BCUT2D eigenvalue weighted by molar-refractivity contribution is 6.02. The van der Waals surface area contributed by atoms with E-state index in [-0.39, 0.29) is 5.69 Å². The van der Waals surface area contributed by atoms with Gasteiger partial charge >= 0.3 is 5.97 Å². The molecule has 1 saturated carbocycles. The normalized spacial score (nSPS) is 14.3.